The summed E-state index contributed by atoms with van der Waals surface area (Å²) in [6.07, 6.45) is -10.7. The smallest absolute Gasteiger partial charge is 0.200 e. The Labute approximate surface area is 175 Å². The fraction of sp³-hybridized carbons (Fsp3) is 1.00. The lowest BCUT2D eigenvalue weighted by molar-refractivity contribution is -0.462. The summed E-state index contributed by atoms with van der Waals surface area (Å²) < 4.78 is 220. The number of hydrogen-bond donors (Lipinski definition) is 0. The molecular weight excluding hydrogens is 606 g/mol. The first-order valence-corrected chi connectivity index (χ1v) is 8.50. The Balaban J connectivity index is 6.70. The van der Waals surface area contributed by atoms with E-state index in [4.69, 9.17) is 0 Å². The summed E-state index contributed by atoms with van der Waals surface area (Å²) >= 11 is 0.964. The molecular formula is C13H10F17I. The van der Waals surface area contributed by atoms with Crippen LogP contribution in [0.2, 0.25) is 0 Å². The molecule has 0 fully saturated rings. The maximum absolute atomic E-state index is 13.7. The van der Waals surface area contributed by atoms with Crippen LogP contribution in [0.1, 0.15) is 26.7 Å². The van der Waals surface area contributed by atoms with Crippen LogP contribution < -0.4 is 0 Å². The molecule has 0 aliphatic rings. The van der Waals surface area contributed by atoms with Crippen molar-refractivity contribution >= 4 is 22.6 Å². The van der Waals surface area contributed by atoms with Gasteiger partial charge in [-0.2, -0.15) is 74.6 Å². The van der Waals surface area contributed by atoms with Gasteiger partial charge < -0.3 is 0 Å². The van der Waals surface area contributed by atoms with Crippen LogP contribution in [-0.4, -0.2) is 51.1 Å². The topological polar surface area (TPSA) is 0 Å². The van der Waals surface area contributed by atoms with Crippen LogP contribution in [-0.2, 0) is 0 Å². The Morgan fingerprint density at radius 2 is 0.742 bits per heavy atom. The summed E-state index contributed by atoms with van der Waals surface area (Å²) in [5, 5.41) is 0. The van der Waals surface area contributed by atoms with E-state index in [1.165, 1.54) is 0 Å². The maximum atomic E-state index is 13.7. The van der Waals surface area contributed by atoms with Gasteiger partial charge in [0.15, 0.2) is 0 Å². The predicted octanol–water partition coefficient (Wildman–Crippen LogP) is 7.99. The third-order valence-corrected chi connectivity index (χ3v) is 5.26. The molecule has 0 rings (SSSR count). The first-order valence-electron chi connectivity index (χ1n) is 7.42. The van der Waals surface area contributed by atoms with Gasteiger partial charge in [0.1, 0.15) is 0 Å². The Bertz CT molecular complexity index is 645. The van der Waals surface area contributed by atoms with Crippen LogP contribution in [0.5, 0.6) is 0 Å². The van der Waals surface area contributed by atoms with Crippen LogP contribution >= 0.6 is 22.6 Å². The van der Waals surface area contributed by atoms with Gasteiger partial charge in [0.2, 0.25) is 0 Å². The highest BCUT2D eigenvalue weighted by Crippen LogP contribution is 2.64. The second-order valence-electron chi connectivity index (χ2n) is 6.59. The van der Waals surface area contributed by atoms with Crippen LogP contribution in [0.3, 0.4) is 0 Å². The minimum Gasteiger partial charge on any atom is -0.200 e. The first-order chi connectivity index (χ1) is 13.0. The van der Waals surface area contributed by atoms with Gasteiger partial charge in [0.25, 0.3) is 0 Å². The summed E-state index contributed by atoms with van der Waals surface area (Å²) in [5.41, 5.74) is 0. The number of rotatable bonds is 9. The van der Waals surface area contributed by atoms with Gasteiger partial charge in [-0.1, -0.05) is 36.4 Å². The van der Waals surface area contributed by atoms with Crippen molar-refractivity contribution in [2.75, 3.05) is 0 Å². The first kappa shape index (κ1) is 30.5. The molecule has 1 atom stereocenters. The molecule has 31 heavy (non-hydrogen) atoms. The van der Waals surface area contributed by atoms with Crippen molar-refractivity contribution in [1.82, 2.24) is 0 Å². The molecule has 0 aliphatic carbocycles. The molecule has 0 spiro atoms. The van der Waals surface area contributed by atoms with E-state index in [0.29, 0.717) is 6.92 Å². The van der Waals surface area contributed by atoms with Gasteiger partial charge in [-0.25, -0.2) is 0 Å². The van der Waals surface area contributed by atoms with Crippen molar-refractivity contribution in [2.45, 2.75) is 77.7 Å². The van der Waals surface area contributed by atoms with E-state index >= 15 is 0 Å². The fourth-order valence-electron chi connectivity index (χ4n) is 1.90. The largest absolute Gasteiger partial charge is 0.460 e. The zero-order chi connectivity index (χ0) is 25.9. The molecule has 0 radical (unpaired) electrons. The average Bonchev–Trinajstić information content (AvgIpc) is 2.51. The van der Waals surface area contributed by atoms with Crippen LogP contribution in [0.25, 0.3) is 0 Å². The molecule has 0 aromatic heterocycles. The third-order valence-electron chi connectivity index (χ3n) is 4.11. The minimum atomic E-state index is -8.58. The molecule has 0 saturated heterocycles. The molecule has 0 amide bonds. The van der Waals surface area contributed by atoms with E-state index in [9.17, 15) is 74.6 Å². The van der Waals surface area contributed by atoms with E-state index in [0.717, 1.165) is 29.5 Å². The normalized spacial score (nSPS) is 18.2. The van der Waals surface area contributed by atoms with Gasteiger partial charge in [-0.15, -0.1) is 0 Å². The Kier molecular flexibility index (Phi) is 7.68. The van der Waals surface area contributed by atoms with Gasteiger partial charge >= 0.3 is 47.6 Å². The van der Waals surface area contributed by atoms with Gasteiger partial charge in [0, 0.05) is 9.84 Å². The van der Waals surface area contributed by atoms with Gasteiger partial charge in [0.05, 0.1) is 0 Å². The summed E-state index contributed by atoms with van der Waals surface area (Å²) in [4.78, 5) is 0. The Morgan fingerprint density at radius 1 is 0.484 bits per heavy atom. The lowest BCUT2D eigenvalue weighted by Crippen LogP contribution is -2.74. The van der Waals surface area contributed by atoms with Crippen molar-refractivity contribution in [1.29, 1.82) is 0 Å². The van der Waals surface area contributed by atoms with E-state index in [1.807, 2.05) is 0 Å². The van der Waals surface area contributed by atoms with Crippen molar-refractivity contribution < 1.29 is 74.6 Å². The fourth-order valence-corrected chi connectivity index (χ4v) is 2.37. The SMILES string of the molecule is CCC(C)(I)CC(F)(F)C(F)(F)C(F)(F)C(F)(F)C(F)(F)C(F)(F)C(F)(F)C(F)(F)F. The molecule has 0 saturated carbocycles. The molecule has 1 unspecified atom stereocenters. The van der Waals surface area contributed by atoms with E-state index < -0.39 is 63.9 Å². The van der Waals surface area contributed by atoms with Crippen molar-refractivity contribution in [2.24, 2.45) is 0 Å². The quantitative estimate of drug-likeness (QED) is 0.140. The molecule has 0 bridgehead atoms. The summed E-state index contributed by atoms with van der Waals surface area (Å²) in [5.74, 6) is -55.9. The molecule has 188 valence electrons. The van der Waals surface area contributed by atoms with Crippen LogP contribution in [0.15, 0.2) is 0 Å². The van der Waals surface area contributed by atoms with E-state index in [2.05, 4.69) is 0 Å². The zero-order valence-corrected chi connectivity index (χ0v) is 16.9. The van der Waals surface area contributed by atoms with Gasteiger partial charge in [-0.3, -0.25) is 0 Å². The second kappa shape index (κ2) is 7.80. The standard InChI is InChI=1S/C13H10F17I/c1-3-5(2,31)4-6(14,15)7(16,17)8(18,19)9(20,21)10(22,23)11(24,25)12(26,27)13(28,29)30/h3-4H2,1-2H3. The summed E-state index contributed by atoms with van der Waals surface area (Å²) in [7, 11) is 0. The molecule has 0 heterocycles. The monoisotopic (exact) mass is 616 g/mol. The molecule has 18 heteroatoms. The van der Waals surface area contributed by atoms with Gasteiger partial charge in [-0.05, 0) is 6.42 Å². The van der Waals surface area contributed by atoms with Crippen LogP contribution in [0.4, 0.5) is 74.6 Å². The molecule has 0 aromatic rings. The highest BCUT2D eigenvalue weighted by atomic mass is 127. The number of halogens is 18. The second-order valence-corrected chi connectivity index (χ2v) is 9.20. The Hall–Kier alpha value is -0.460. The maximum Gasteiger partial charge on any atom is 0.460 e. The van der Waals surface area contributed by atoms with Crippen molar-refractivity contribution in [3.63, 3.8) is 0 Å². The lowest BCUT2D eigenvalue weighted by Gasteiger charge is -2.43. The van der Waals surface area contributed by atoms with Crippen molar-refractivity contribution in [3.05, 3.63) is 0 Å². The van der Waals surface area contributed by atoms with Crippen molar-refractivity contribution in [3.8, 4) is 0 Å². The molecule has 0 aromatic carbocycles. The predicted molar refractivity (Wildman–Crippen MR) is 78.0 cm³/mol. The highest BCUT2D eigenvalue weighted by molar-refractivity contribution is 14.1. The number of alkyl halides is 18. The van der Waals surface area contributed by atoms with E-state index in [1.54, 1.807) is 0 Å². The van der Waals surface area contributed by atoms with E-state index in [-0.39, 0.29) is 0 Å². The third kappa shape index (κ3) is 4.38. The Morgan fingerprint density at radius 3 is 1.00 bits per heavy atom. The molecule has 0 N–H and O–H groups in total. The number of hydrogen-bond acceptors (Lipinski definition) is 0. The summed E-state index contributed by atoms with van der Waals surface area (Å²) in [6.45, 7) is 1.71. The minimum absolute atomic E-state index is 0.521. The average molecular weight is 616 g/mol. The van der Waals surface area contributed by atoms with Crippen LogP contribution in [0, 0.1) is 0 Å². The lowest BCUT2D eigenvalue weighted by atomic mass is 9.86. The summed E-state index contributed by atoms with van der Waals surface area (Å²) in [6, 6.07) is 0. The zero-order valence-electron chi connectivity index (χ0n) is 14.7. The highest BCUT2D eigenvalue weighted by Gasteiger charge is 2.95. The molecule has 0 nitrogen and oxygen atoms in total. The molecule has 0 aliphatic heterocycles.